The van der Waals surface area contributed by atoms with Crippen molar-refractivity contribution in [1.82, 2.24) is 15.0 Å². The molecule has 6 heteroatoms. The predicted octanol–water partition coefficient (Wildman–Crippen LogP) is 2.26. The van der Waals surface area contributed by atoms with Crippen LogP contribution in [0.25, 0.3) is 11.0 Å². The summed E-state index contributed by atoms with van der Waals surface area (Å²) >= 11 is 8.28. The molecule has 0 aliphatic carbocycles. The molecule has 0 atom stereocenters. The quantitative estimate of drug-likeness (QED) is 0.676. The van der Waals surface area contributed by atoms with Crippen molar-refractivity contribution in [2.45, 2.75) is 0 Å². The number of hydrogen-bond donors (Lipinski definition) is 0. The molecule has 0 aliphatic heterocycles. The molecular formula is C13H7AsClN3O. The van der Waals surface area contributed by atoms with Gasteiger partial charge in [0.1, 0.15) is 0 Å². The Balaban J connectivity index is 2.00. The van der Waals surface area contributed by atoms with Gasteiger partial charge in [0, 0.05) is 0 Å². The number of aromatic nitrogens is 3. The van der Waals surface area contributed by atoms with Crippen molar-refractivity contribution in [1.29, 1.82) is 0 Å². The zero-order chi connectivity index (χ0) is 13.2. The Morgan fingerprint density at radius 1 is 1.11 bits per heavy atom. The molecule has 2 aromatic heterocycles. The van der Waals surface area contributed by atoms with Crippen molar-refractivity contribution < 1.29 is 4.74 Å². The van der Waals surface area contributed by atoms with E-state index in [1.807, 2.05) is 18.2 Å². The first-order chi connectivity index (χ1) is 9.22. The van der Waals surface area contributed by atoms with E-state index in [0.717, 1.165) is 10.00 Å². The Kier molecular flexibility index (Phi) is 3.36. The Morgan fingerprint density at radius 2 is 2.00 bits per heavy atom. The molecule has 2 radical (unpaired) electrons. The molecular weight excluding hydrogens is 325 g/mol. The van der Waals surface area contributed by atoms with Crippen LogP contribution in [-0.2, 0) is 0 Å². The second-order valence-electron chi connectivity index (χ2n) is 3.77. The van der Waals surface area contributed by atoms with Crippen LogP contribution >= 0.6 is 11.6 Å². The van der Waals surface area contributed by atoms with Crippen LogP contribution < -0.4 is 9.22 Å². The summed E-state index contributed by atoms with van der Waals surface area (Å²) in [5.74, 6) is 1.13. The Hall–Kier alpha value is -1.64. The van der Waals surface area contributed by atoms with Crippen LogP contribution in [0.5, 0.6) is 11.6 Å². The van der Waals surface area contributed by atoms with E-state index in [1.165, 1.54) is 6.33 Å². The van der Waals surface area contributed by atoms with Gasteiger partial charge in [-0.2, -0.15) is 0 Å². The number of benzene rings is 1. The van der Waals surface area contributed by atoms with Gasteiger partial charge in [-0.1, -0.05) is 0 Å². The van der Waals surface area contributed by atoms with E-state index in [4.69, 9.17) is 16.3 Å². The van der Waals surface area contributed by atoms with Gasteiger partial charge >= 0.3 is 123 Å². The molecule has 0 unspecified atom stereocenters. The SMILES string of the molecule is Clc1cccc(Oc2ccc3ncnc([As])c3n2)c1. The van der Waals surface area contributed by atoms with Crippen LogP contribution in [0.1, 0.15) is 0 Å². The fourth-order valence-corrected chi connectivity index (χ4v) is 2.25. The standard InChI is InChI=1S/C13H7AsClN3O/c14-13-12-10(16-7-17-13)4-5-11(18-12)19-9-3-1-2-8(15)6-9/h1-7H. The third kappa shape index (κ3) is 2.70. The molecule has 2 heterocycles. The first-order valence-electron chi connectivity index (χ1n) is 5.46. The van der Waals surface area contributed by atoms with Gasteiger partial charge in [-0.05, 0) is 0 Å². The van der Waals surface area contributed by atoms with Gasteiger partial charge in [-0.15, -0.1) is 0 Å². The van der Waals surface area contributed by atoms with Crippen molar-refractivity contribution in [3.8, 4) is 11.6 Å². The Bertz CT molecular complexity index is 751. The number of rotatable bonds is 2. The normalized spacial score (nSPS) is 10.6. The third-order valence-corrected chi connectivity index (χ3v) is 3.38. The van der Waals surface area contributed by atoms with Gasteiger partial charge in [0.15, 0.2) is 0 Å². The molecule has 3 rings (SSSR count). The van der Waals surface area contributed by atoms with E-state index in [0.29, 0.717) is 22.2 Å². The second-order valence-corrected chi connectivity index (χ2v) is 5.10. The molecule has 0 bridgehead atoms. The van der Waals surface area contributed by atoms with E-state index >= 15 is 0 Å². The average Bonchev–Trinajstić information content (AvgIpc) is 2.40. The minimum absolute atomic E-state index is 0.483. The maximum absolute atomic E-state index is 5.91. The zero-order valence-electron chi connectivity index (χ0n) is 9.62. The minimum atomic E-state index is 0.483. The van der Waals surface area contributed by atoms with E-state index in [-0.39, 0.29) is 0 Å². The number of fused-ring (bicyclic) bond motifs is 1. The monoisotopic (exact) mass is 331 g/mol. The van der Waals surface area contributed by atoms with Gasteiger partial charge in [0.25, 0.3) is 0 Å². The summed E-state index contributed by atoms with van der Waals surface area (Å²) < 4.78 is 6.42. The van der Waals surface area contributed by atoms with Crippen LogP contribution in [0.4, 0.5) is 0 Å². The van der Waals surface area contributed by atoms with Gasteiger partial charge in [0.05, 0.1) is 0 Å². The first-order valence-corrected chi connectivity index (χ1v) is 6.78. The van der Waals surface area contributed by atoms with Crippen molar-refractivity contribution in [2.24, 2.45) is 0 Å². The van der Waals surface area contributed by atoms with E-state index in [9.17, 15) is 0 Å². The van der Waals surface area contributed by atoms with Gasteiger partial charge in [0.2, 0.25) is 0 Å². The summed E-state index contributed by atoms with van der Waals surface area (Å²) in [4.78, 5) is 12.6. The van der Waals surface area contributed by atoms with Crippen molar-refractivity contribution in [3.05, 3.63) is 47.7 Å². The Morgan fingerprint density at radius 3 is 2.84 bits per heavy atom. The van der Waals surface area contributed by atoms with E-state index in [2.05, 4.69) is 31.8 Å². The summed E-state index contributed by atoms with van der Waals surface area (Å²) in [6.07, 6.45) is 1.51. The summed E-state index contributed by atoms with van der Waals surface area (Å²) in [5.41, 5.74) is 1.49. The Labute approximate surface area is 123 Å². The van der Waals surface area contributed by atoms with Crippen molar-refractivity contribution >= 4 is 44.0 Å². The van der Waals surface area contributed by atoms with Crippen LogP contribution in [0.15, 0.2) is 42.7 Å². The number of nitrogens with zero attached hydrogens (tertiary/aromatic N) is 3. The molecule has 0 N–H and O–H groups in total. The summed E-state index contributed by atoms with van der Waals surface area (Å²) in [6.45, 7) is 0. The van der Waals surface area contributed by atoms with Crippen LogP contribution in [0.2, 0.25) is 5.02 Å². The molecule has 0 fully saturated rings. The zero-order valence-corrected chi connectivity index (χ0v) is 12.2. The van der Waals surface area contributed by atoms with E-state index < -0.39 is 0 Å². The maximum atomic E-state index is 5.91. The van der Waals surface area contributed by atoms with Crippen LogP contribution in [-0.4, -0.2) is 31.8 Å². The van der Waals surface area contributed by atoms with Gasteiger partial charge in [-0.3, -0.25) is 0 Å². The molecule has 0 saturated heterocycles. The molecule has 92 valence electrons. The number of pyridine rings is 1. The molecule has 0 spiro atoms. The van der Waals surface area contributed by atoms with Crippen LogP contribution in [0.3, 0.4) is 0 Å². The van der Waals surface area contributed by atoms with Gasteiger partial charge < -0.3 is 0 Å². The van der Waals surface area contributed by atoms with Crippen molar-refractivity contribution in [2.75, 3.05) is 0 Å². The molecule has 4 nitrogen and oxygen atoms in total. The summed E-state index contributed by atoms with van der Waals surface area (Å²) in [7, 11) is 0. The third-order valence-electron chi connectivity index (χ3n) is 2.46. The fourth-order valence-electron chi connectivity index (χ4n) is 1.62. The summed E-state index contributed by atoms with van der Waals surface area (Å²) in [6, 6.07) is 10.8. The van der Waals surface area contributed by atoms with Crippen LogP contribution in [0, 0.1) is 0 Å². The predicted molar refractivity (Wildman–Crippen MR) is 74.2 cm³/mol. The number of hydrogen-bond acceptors (Lipinski definition) is 4. The fraction of sp³-hybridized carbons (Fsp3) is 0. The molecule has 1 aromatic carbocycles. The van der Waals surface area contributed by atoms with E-state index in [1.54, 1.807) is 18.2 Å². The van der Waals surface area contributed by atoms with Crippen molar-refractivity contribution in [3.63, 3.8) is 0 Å². The average molecular weight is 332 g/mol. The molecule has 0 amide bonds. The molecule has 3 aromatic rings. The topological polar surface area (TPSA) is 47.9 Å². The second kappa shape index (κ2) is 5.16. The number of halogens is 1. The molecule has 19 heavy (non-hydrogen) atoms. The number of ether oxygens (including phenoxy) is 1. The molecule has 0 aliphatic rings. The molecule has 0 saturated carbocycles. The van der Waals surface area contributed by atoms with Gasteiger partial charge in [-0.25, -0.2) is 0 Å². The first kappa shape index (κ1) is 12.4. The summed E-state index contributed by atoms with van der Waals surface area (Å²) in [5, 5.41) is 0.620.